The molecule has 4 aromatic rings. The molecule has 2 aliphatic rings. The summed E-state index contributed by atoms with van der Waals surface area (Å²) >= 11 is 0. The third-order valence-electron chi connectivity index (χ3n) is 12.2. The van der Waals surface area contributed by atoms with Crippen LogP contribution >= 0.6 is 0 Å². The summed E-state index contributed by atoms with van der Waals surface area (Å²) in [6, 6.07) is 19.3. The Kier molecular flexibility index (Phi) is 14.3. The van der Waals surface area contributed by atoms with Crippen LogP contribution in [0, 0.1) is 27.7 Å². The highest BCUT2D eigenvalue weighted by Crippen LogP contribution is 2.28. The van der Waals surface area contributed by atoms with Gasteiger partial charge in [0.2, 0.25) is 23.6 Å². The number of nitrogens with two attached hydrogens (primary N) is 2. The molecule has 8 N–H and O–H groups in total. The molecule has 4 aromatic carbocycles. The molecule has 0 spiro atoms. The van der Waals surface area contributed by atoms with E-state index in [1.165, 1.54) is 0 Å². The number of hydrogen-bond acceptors (Lipinski definition) is 8. The molecule has 0 aliphatic carbocycles. The average Bonchev–Trinajstić information content (AvgIpc) is 3.22. The number of amides is 4. The third-order valence-corrected chi connectivity index (χ3v) is 12.2. The Morgan fingerprint density at radius 2 is 0.917 bits per heavy atom. The molecule has 0 radical (unpaired) electrons. The first kappa shape index (κ1) is 43.8. The normalized spacial score (nSPS) is 17.0. The van der Waals surface area contributed by atoms with Gasteiger partial charge in [-0.05, 0) is 133 Å². The Morgan fingerprint density at radius 1 is 0.583 bits per heavy atom. The maximum Gasteiger partial charge on any atom is 0.243 e. The topological polar surface area (TPSA) is 191 Å². The summed E-state index contributed by atoms with van der Waals surface area (Å²) < 4.78 is 0. The summed E-state index contributed by atoms with van der Waals surface area (Å²) in [6.45, 7) is 9.04. The zero-order valence-corrected chi connectivity index (χ0v) is 35.3. The number of aromatic hydroxyl groups is 2. The zero-order chi connectivity index (χ0) is 43.1. The molecule has 4 atom stereocenters. The molecule has 0 saturated heterocycles. The number of nitrogens with one attached hydrogen (secondary N) is 2. The molecule has 2 heterocycles. The standard InChI is InChI=1S/C48H60N6O6/c1-29-19-37(55)20-30(2)39(29)25-41(49)47(59)53-27-35-15-9-7-13-33(35)23-43(53)45(57)51-17-11-5-6-12-18-52-46(58)44-24-34-14-8-10-16-36(34)28-54(44)48(60)42(50)26-40-31(3)21-38(56)22-32(40)4/h7-10,13-16,19-22,41-44,55-56H,5-6,11-12,17-18,23-28,49-50H2,1-4H3,(H,51,57)(H,52,58). The van der Waals surface area contributed by atoms with Gasteiger partial charge >= 0.3 is 0 Å². The van der Waals surface area contributed by atoms with Crippen LogP contribution in [0.2, 0.25) is 0 Å². The number of carbonyl (C=O) groups excluding carboxylic acids is 4. The minimum atomic E-state index is -0.853. The van der Waals surface area contributed by atoms with Crippen LogP contribution in [0.25, 0.3) is 0 Å². The fraction of sp³-hybridized carbons (Fsp3) is 0.417. The van der Waals surface area contributed by atoms with Gasteiger partial charge in [-0.3, -0.25) is 19.2 Å². The maximum absolute atomic E-state index is 13.9. The summed E-state index contributed by atoms with van der Waals surface area (Å²) in [7, 11) is 0. The van der Waals surface area contributed by atoms with Crippen molar-refractivity contribution in [2.75, 3.05) is 13.1 Å². The van der Waals surface area contributed by atoms with Crippen molar-refractivity contribution in [2.24, 2.45) is 11.5 Å². The van der Waals surface area contributed by atoms with Crippen LogP contribution in [-0.4, -0.2) is 80.9 Å². The van der Waals surface area contributed by atoms with E-state index in [2.05, 4.69) is 10.6 Å². The lowest BCUT2D eigenvalue weighted by molar-refractivity contribution is -0.142. The molecular formula is C48H60N6O6. The second kappa shape index (κ2) is 19.6. The Balaban J connectivity index is 0.981. The van der Waals surface area contributed by atoms with Crippen molar-refractivity contribution in [3.8, 4) is 11.5 Å². The van der Waals surface area contributed by atoms with Crippen LogP contribution in [0.4, 0.5) is 0 Å². The van der Waals surface area contributed by atoms with Gasteiger partial charge in [-0.15, -0.1) is 0 Å². The Labute approximate surface area is 353 Å². The average molecular weight is 817 g/mol. The highest BCUT2D eigenvalue weighted by Gasteiger charge is 2.38. The molecule has 0 aromatic heterocycles. The molecule has 0 bridgehead atoms. The summed E-state index contributed by atoms with van der Waals surface area (Å²) in [5, 5.41) is 26.1. The first-order valence-electron chi connectivity index (χ1n) is 21.1. The fourth-order valence-electron chi connectivity index (χ4n) is 8.87. The second-order valence-corrected chi connectivity index (χ2v) is 16.6. The molecule has 0 saturated carbocycles. The summed E-state index contributed by atoms with van der Waals surface area (Å²) in [4.78, 5) is 58.3. The van der Waals surface area contributed by atoms with Crippen molar-refractivity contribution >= 4 is 23.6 Å². The van der Waals surface area contributed by atoms with E-state index in [0.717, 1.165) is 81.3 Å². The number of benzene rings is 4. The number of phenolic OH excluding ortho intramolecular Hbond substituents is 2. The van der Waals surface area contributed by atoms with Gasteiger partial charge in [-0.1, -0.05) is 61.4 Å². The van der Waals surface area contributed by atoms with E-state index in [4.69, 9.17) is 11.5 Å². The van der Waals surface area contributed by atoms with Gasteiger partial charge in [0.05, 0.1) is 12.1 Å². The first-order valence-corrected chi connectivity index (χ1v) is 21.1. The van der Waals surface area contributed by atoms with Gasteiger partial charge in [-0.25, -0.2) is 0 Å². The number of fused-ring (bicyclic) bond motifs is 2. The Morgan fingerprint density at radius 3 is 1.27 bits per heavy atom. The highest BCUT2D eigenvalue weighted by molar-refractivity contribution is 5.91. The van der Waals surface area contributed by atoms with Crippen molar-refractivity contribution < 1.29 is 29.4 Å². The molecule has 6 rings (SSSR count). The molecule has 12 heteroatoms. The lowest BCUT2D eigenvalue weighted by atomic mass is 9.91. The van der Waals surface area contributed by atoms with E-state index < -0.39 is 24.2 Å². The molecule has 60 heavy (non-hydrogen) atoms. The van der Waals surface area contributed by atoms with Crippen molar-refractivity contribution in [1.29, 1.82) is 0 Å². The molecule has 2 aliphatic heterocycles. The predicted octanol–water partition coefficient (Wildman–Crippen LogP) is 4.47. The van der Waals surface area contributed by atoms with E-state index in [-0.39, 0.29) is 35.1 Å². The van der Waals surface area contributed by atoms with Crippen LogP contribution in [-0.2, 0) is 58.0 Å². The van der Waals surface area contributed by atoms with Gasteiger partial charge in [-0.2, -0.15) is 0 Å². The van der Waals surface area contributed by atoms with Crippen molar-refractivity contribution in [3.63, 3.8) is 0 Å². The quantitative estimate of drug-likeness (QED) is 0.0948. The Hall–Kier alpha value is -5.72. The van der Waals surface area contributed by atoms with Crippen molar-refractivity contribution in [2.45, 2.75) is 116 Å². The zero-order valence-electron chi connectivity index (χ0n) is 35.3. The second-order valence-electron chi connectivity index (χ2n) is 16.6. The third kappa shape index (κ3) is 10.3. The van der Waals surface area contributed by atoms with Crippen LogP contribution in [0.3, 0.4) is 0 Å². The van der Waals surface area contributed by atoms with E-state index in [9.17, 15) is 29.4 Å². The van der Waals surface area contributed by atoms with Crippen LogP contribution in [0.1, 0.15) is 81.3 Å². The van der Waals surface area contributed by atoms with E-state index in [1.807, 2.05) is 76.2 Å². The summed E-state index contributed by atoms with van der Waals surface area (Å²) in [5.41, 5.74) is 22.4. The largest absolute Gasteiger partial charge is 0.508 e. The van der Waals surface area contributed by atoms with E-state index in [1.54, 1.807) is 34.1 Å². The lowest BCUT2D eigenvalue weighted by Gasteiger charge is -2.37. The lowest BCUT2D eigenvalue weighted by Crippen LogP contribution is -2.56. The number of rotatable bonds is 15. The van der Waals surface area contributed by atoms with Gasteiger partial charge in [0.1, 0.15) is 23.6 Å². The van der Waals surface area contributed by atoms with Crippen molar-refractivity contribution in [3.05, 3.63) is 128 Å². The van der Waals surface area contributed by atoms with E-state index in [0.29, 0.717) is 51.9 Å². The molecule has 12 nitrogen and oxygen atoms in total. The fourth-order valence-corrected chi connectivity index (χ4v) is 8.87. The predicted molar refractivity (Wildman–Crippen MR) is 232 cm³/mol. The molecular weight excluding hydrogens is 757 g/mol. The van der Waals surface area contributed by atoms with Gasteiger partial charge in [0, 0.05) is 39.0 Å². The molecule has 0 fully saturated rings. The van der Waals surface area contributed by atoms with Gasteiger partial charge in [0.15, 0.2) is 0 Å². The maximum atomic E-state index is 13.9. The number of hydrogen-bond donors (Lipinski definition) is 6. The van der Waals surface area contributed by atoms with E-state index >= 15 is 0 Å². The first-order chi connectivity index (χ1) is 28.7. The smallest absolute Gasteiger partial charge is 0.243 e. The number of aryl methyl sites for hydroxylation is 4. The summed E-state index contributed by atoms with van der Waals surface area (Å²) in [5.74, 6) is -0.659. The van der Waals surface area contributed by atoms with Crippen LogP contribution in [0.15, 0.2) is 72.8 Å². The number of phenols is 2. The Bertz CT molecular complexity index is 2020. The minimum Gasteiger partial charge on any atom is -0.508 e. The number of unbranched alkanes of at least 4 members (excludes halogenated alkanes) is 3. The van der Waals surface area contributed by atoms with Crippen molar-refractivity contribution in [1.82, 2.24) is 20.4 Å². The monoisotopic (exact) mass is 816 g/mol. The molecule has 4 amide bonds. The molecule has 4 unspecified atom stereocenters. The highest BCUT2D eigenvalue weighted by atomic mass is 16.3. The van der Waals surface area contributed by atoms with Gasteiger partial charge in [0.25, 0.3) is 0 Å². The number of nitrogens with zero attached hydrogens (tertiary/aromatic N) is 2. The van der Waals surface area contributed by atoms with Crippen LogP contribution in [0.5, 0.6) is 11.5 Å². The SMILES string of the molecule is Cc1cc(O)cc(C)c1CC(N)C(=O)N1Cc2ccccc2CC1C(=O)NCCCCCCNC(=O)C1Cc2ccccc2CN1C(=O)C(N)Cc1c(C)cc(O)cc1C. The number of carbonyl (C=O) groups is 4. The summed E-state index contributed by atoms with van der Waals surface area (Å²) in [6.07, 6.45) is 4.51. The molecule has 318 valence electrons. The minimum absolute atomic E-state index is 0.170. The van der Waals surface area contributed by atoms with Gasteiger partial charge < -0.3 is 42.1 Å². The van der Waals surface area contributed by atoms with Crippen LogP contribution < -0.4 is 22.1 Å².